The molecule has 0 N–H and O–H groups in total. The van der Waals surface area contributed by atoms with Crippen molar-refractivity contribution in [3.8, 4) is 11.3 Å². The zero-order chi connectivity index (χ0) is 13.1. The Morgan fingerprint density at radius 3 is 2.67 bits per heavy atom. The fourth-order valence-electron chi connectivity index (χ4n) is 1.68. The van der Waals surface area contributed by atoms with E-state index >= 15 is 0 Å². The number of hydrogen-bond donors (Lipinski definition) is 0. The number of nitrogens with zero attached hydrogens (tertiary/aromatic N) is 1. The summed E-state index contributed by atoms with van der Waals surface area (Å²) in [5.74, 6) is 0.632. The van der Waals surface area contributed by atoms with E-state index in [9.17, 15) is 14.9 Å². The van der Waals surface area contributed by atoms with Crippen LogP contribution in [0.3, 0.4) is 0 Å². The van der Waals surface area contributed by atoms with E-state index in [2.05, 4.69) is 15.9 Å². The molecule has 0 fully saturated rings. The summed E-state index contributed by atoms with van der Waals surface area (Å²) in [4.78, 5) is 21.1. The topological polar surface area (TPSA) is 73.3 Å². The molecule has 0 aliphatic rings. The van der Waals surface area contributed by atoms with Gasteiger partial charge >= 0.3 is 0 Å². The van der Waals surface area contributed by atoms with Gasteiger partial charge in [-0.15, -0.1) is 0 Å². The Morgan fingerprint density at radius 1 is 1.33 bits per heavy atom. The first kappa shape index (κ1) is 12.5. The zero-order valence-corrected chi connectivity index (χ0v) is 10.7. The highest BCUT2D eigenvalue weighted by atomic mass is 79.9. The maximum absolute atomic E-state index is 10.9. The Bertz CT molecular complexity index is 606. The third-order valence-corrected chi connectivity index (χ3v) is 3.05. The number of nitro benzene ring substituents is 1. The van der Waals surface area contributed by atoms with Gasteiger partial charge in [0.25, 0.3) is 5.69 Å². The molecule has 0 spiro atoms. The molecule has 92 valence electrons. The predicted molar refractivity (Wildman–Crippen MR) is 68.8 cm³/mol. The van der Waals surface area contributed by atoms with Gasteiger partial charge in [0.05, 0.1) is 10.5 Å². The highest BCUT2D eigenvalue weighted by molar-refractivity contribution is 9.08. The minimum Gasteiger partial charge on any atom is -0.453 e. The number of alkyl halides is 1. The molecule has 0 saturated heterocycles. The number of nitro groups is 1. The van der Waals surface area contributed by atoms with Crippen LogP contribution in [0.25, 0.3) is 11.3 Å². The number of furan rings is 1. The van der Waals surface area contributed by atoms with Gasteiger partial charge in [0.2, 0.25) is 0 Å². The van der Waals surface area contributed by atoms with E-state index in [1.165, 1.54) is 12.1 Å². The van der Waals surface area contributed by atoms with Crippen LogP contribution >= 0.6 is 15.9 Å². The summed E-state index contributed by atoms with van der Waals surface area (Å²) < 4.78 is 5.28. The van der Waals surface area contributed by atoms with Gasteiger partial charge in [-0.1, -0.05) is 28.1 Å². The smallest absolute Gasteiger partial charge is 0.274 e. The first-order chi connectivity index (χ1) is 8.67. The molecule has 0 amide bonds. The number of rotatable bonds is 4. The van der Waals surface area contributed by atoms with E-state index in [1.807, 2.05) is 0 Å². The molecule has 0 unspecified atom stereocenters. The zero-order valence-electron chi connectivity index (χ0n) is 9.13. The van der Waals surface area contributed by atoms with Gasteiger partial charge < -0.3 is 4.42 Å². The molecule has 0 saturated carbocycles. The van der Waals surface area contributed by atoms with Crippen molar-refractivity contribution in [2.24, 2.45) is 0 Å². The van der Waals surface area contributed by atoms with Crippen LogP contribution in [0, 0.1) is 10.1 Å². The van der Waals surface area contributed by atoms with Crippen molar-refractivity contribution in [2.75, 3.05) is 0 Å². The summed E-state index contributed by atoms with van der Waals surface area (Å²) in [5.41, 5.74) is 1.15. The van der Waals surface area contributed by atoms with Crippen LogP contribution in [0.5, 0.6) is 0 Å². The molecule has 1 aromatic carbocycles. The standard InChI is InChI=1S/C12H8BrNO4/c13-6-10-9(2-1-3-11(10)14(16)17)12-5-4-8(7-15)18-12/h1-5,7H,6H2. The van der Waals surface area contributed by atoms with E-state index < -0.39 is 4.92 Å². The summed E-state index contributed by atoms with van der Waals surface area (Å²) in [7, 11) is 0. The van der Waals surface area contributed by atoms with Crippen LogP contribution in [0.2, 0.25) is 0 Å². The molecule has 0 aliphatic heterocycles. The van der Waals surface area contributed by atoms with Gasteiger partial charge in [-0.2, -0.15) is 0 Å². The lowest BCUT2D eigenvalue weighted by atomic mass is 10.0. The molecule has 1 aromatic heterocycles. The minimum atomic E-state index is -0.441. The second-order valence-electron chi connectivity index (χ2n) is 3.51. The quantitative estimate of drug-likeness (QED) is 0.374. The van der Waals surface area contributed by atoms with Crippen LogP contribution in [0.4, 0.5) is 5.69 Å². The van der Waals surface area contributed by atoms with Crippen LogP contribution in [0.1, 0.15) is 16.1 Å². The normalized spacial score (nSPS) is 10.3. The summed E-state index contributed by atoms with van der Waals surface area (Å²) >= 11 is 3.23. The van der Waals surface area contributed by atoms with Crippen molar-refractivity contribution in [3.63, 3.8) is 0 Å². The fourth-order valence-corrected chi connectivity index (χ4v) is 2.27. The first-order valence-corrected chi connectivity index (χ1v) is 6.17. The lowest BCUT2D eigenvalue weighted by molar-refractivity contribution is -0.385. The molecule has 6 heteroatoms. The molecule has 1 heterocycles. The Hall–Kier alpha value is -1.95. The van der Waals surface area contributed by atoms with Gasteiger partial charge in [-0.25, -0.2) is 0 Å². The van der Waals surface area contributed by atoms with E-state index in [0.29, 0.717) is 28.5 Å². The number of halogens is 1. The van der Waals surface area contributed by atoms with Crippen molar-refractivity contribution in [2.45, 2.75) is 5.33 Å². The highest BCUT2D eigenvalue weighted by Gasteiger charge is 2.18. The number of carbonyl (C=O) groups is 1. The Balaban J connectivity index is 2.59. The predicted octanol–water partition coefficient (Wildman–Crippen LogP) is 3.56. The molecule has 0 atom stereocenters. The summed E-state index contributed by atoms with van der Waals surface area (Å²) in [5, 5.41) is 11.3. The lowest BCUT2D eigenvalue weighted by Gasteiger charge is -2.04. The second kappa shape index (κ2) is 5.14. The van der Waals surface area contributed by atoms with E-state index in [1.54, 1.807) is 18.2 Å². The summed E-state index contributed by atoms with van der Waals surface area (Å²) in [6.07, 6.45) is 0.592. The van der Waals surface area contributed by atoms with Crippen LogP contribution in [-0.4, -0.2) is 11.2 Å². The lowest BCUT2D eigenvalue weighted by Crippen LogP contribution is -1.95. The molecule has 0 bridgehead atoms. The Kier molecular flexibility index (Phi) is 3.57. The highest BCUT2D eigenvalue weighted by Crippen LogP contribution is 2.33. The van der Waals surface area contributed by atoms with E-state index in [0.717, 1.165) is 0 Å². The van der Waals surface area contributed by atoms with Crippen molar-refractivity contribution >= 4 is 27.9 Å². The van der Waals surface area contributed by atoms with Gasteiger partial charge in [-0.3, -0.25) is 14.9 Å². The van der Waals surface area contributed by atoms with Crippen molar-refractivity contribution in [1.82, 2.24) is 0 Å². The maximum atomic E-state index is 10.9. The second-order valence-corrected chi connectivity index (χ2v) is 4.07. The molecule has 0 radical (unpaired) electrons. The number of aldehydes is 1. The minimum absolute atomic E-state index is 0.0217. The molecular weight excluding hydrogens is 302 g/mol. The Morgan fingerprint density at radius 2 is 2.11 bits per heavy atom. The van der Waals surface area contributed by atoms with Crippen LogP contribution < -0.4 is 0 Å². The average molecular weight is 310 g/mol. The SMILES string of the molecule is O=Cc1ccc(-c2cccc([N+](=O)[O-])c2CBr)o1. The number of carbonyl (C=O) groups excluding carboxylic acids is 1. The largest absolute Gasteiger partial charge is 0.453 e. The first-order valence-electron chi connectivity index (χ1n) is 5.05. The van der Waals surface area contributed by atoms with Gasteiger partial charge in [0.1, 0.15) is 5.76 Å². The van der Waals surface area contributed by atoms with Crippen molar-refractivity contribution < 1.29 is 14.1 Å². The number of benzene rings is 1. The molecule has 5 nitrogen and oxygen atoms in total. The summed E-state index contributed by atoms with van der Waals surface area (Å²) in [6, 6.07) is 7.89. The van der Waals surface area contributed by atoms with Crippen molar-refractivity contribution in [1.29, 1.82) is 0 Å². The molecule has 18 heavy (non-hydrogen) atoms. The molecule has 2 rings (SSSR count). The number of hydrogen-bond acceptors (Lipinski definition) is 4. The third-order valence-electron chi connectivity index (χ3n) is 2.49. The van der Waals surface area contributed by atoms with Crippen molar-refractivity contribution in [3.05, 3.63) is 51.8 Å². The van der Waals surface area contributed by atoms with Gasteiger partial charge in [0.15, 0.2) is 12.0 Å². The van der Waals surface area contributed by atoms with Gasteiger partial charge in [0, 0.05) is 17.0 Å². The molecule has 2 aromatic rings. The molecular formula is C12H8BrNO4. The van der Waals surface area contributed by atoms with Crippen LogP contribution in [-0.2, 0) is 5.33 Å². The van der Waals surface area contributed by atoms with E-state index in [4.69, 9.17) is 4.42 Å². The van der Waals surface area contributed by atoms with E-state index in [-0.39, 0.29) is 11.4 Å². The average Bonchev–Trinajstić information content (AvgIpc) is 2.86. The monoisotopic (exact) mass is 309 g/mol. The van der Waals surface area contributed by atoms with Gasteiger partial charge in [-0.05, 0) is 12.1 Å². The summed E-state index contributed by atoms with van der Waals surface area (Å²) in [6.45, 7) is 0. The van der Waals surface area contributed by atoms with Crippen LogP contribution in [0.15, 0.2) is 34.7 Å². The maximum Gasteiger partial charge on any atom is 0.274 e. The third kappa shape index (κ3) is 2.19. The fraction of sp³-hybridized carbons (Fsp3) is 0.0833. The molecule has 0 aliphatic carbocycles. The Labute approximate surface area is 111 Å².